The summed E-state index contributed by atoms with van der Waals surface area (Å²) in [6.45, 7) is 4.71. The van der Waals surface area contributed by atoms with Crippen LogP contribution in [0, 0.1) is 12.8 Å². The molecule has 0 unspecified atom stereocenters. The highest BCUT2D eigenvalue weighted by Crippen LogP contribution is 2.35. The molecular formula is C15H19N5O3S. The van der Waals surface area contributed by atoms with Gasteiger partial charge < -0.3 is 10.0 Å². The number of thiazole rings is 1. The van der Waals surface area contributed by atoms with E-state index in [-0.39, 0.29) is 24.2 Å². The monoisotopic (exact) mass is 349 g/mol. The van der Waals surface area contributed by atoms with Crippen molar-refractivity contribution in [1.82, 2.24) is 25.3 Å². The van der Waals surface area contributed by atoms with Crippen LogP contribution in [0.5, 0.6) is 0 Å². The molecule has 1 fully saturated rings. The first-order valence-corrected chi connectivity index (χ1v) is 8.64. The van der Waals surface area contributed by atoms with E-state index in [1.165, 1.54) is 11.3 Å². The van der Waals surface area contributed by atoms with Gasteiger partial charge in [0.15, 0.2) is 0 Å². The molecule has 8 nitrogen and oxygen atoms in total. The second-order valence-electron chi connectivity index (χ2n) is 5.93. The smallest absolute Gasteiger partial charge is 0.303 e. The van der Waals surface area contributed by atoms with Gasteiger partial charge in [-0.2, -0.15) is 15.4 Å². The Bertz CT molecular complexity index is 742. The Balaban J connectivity index is 1.84. The van der Waals surface area contributed by atoms with E-state index in [2.05, 4.69) is 20.4 Å². The van der Waals surface area contributed by atoms with Gasteiger partial charge in [0.25, 0.3) is 5.91 Å². The minimum atomic E-state index is -0.870. The lowest BCUT2D eigenvalue weighted by Gasteiger charge is -2.15. The molecule has 0 aliphatic carbocycles. The molecule has 2 aromatic rings. The summed E-state index contributed by atoms with van der Waals surface area (Å²) in [5.74, 6) is -1.23. The molecule has 2 N–H and O–H groups in total. The van der Waals surface area contributed by atoms with E-state index < -0.39 is 5.97 Å². The zero-order valence-corrected chi connectivity index (χ0v) is 14.3. The van der Waals surface area contributed by atoms with Gasteiger partial charge in [-0.25, -0.2) is 4.98 Å². The quantitative estimate of drug-likeness (QED) is 0.845. The molecule has 2 aromatic heterocycles. The molecule has 3 rings (SSSR count). The fourth-order valence-electron chi connectivity index (χ4n) is 3.21. The number of rotatable bonds is 5. The first-order valence-electron chi connectivity index (χ1n) is 7.82. The van der Waals surface area contributed by atoms with Gasteiger partial charge in [0, 0.05) is 19.0 Å². The third-order valence-electron chi connectivity index (χ3n) is 4.31. The van der Waals surface area contributed by atoms with E-state index in [0.29, 0.717) is 30.1 Å². The average Bonchev–Trinajstić information content (AvgIpc) is 3.24. The van der Waals surface area contributed by atoms with Crippen molar-refractivity contribution >= 4 is 23.2 Å². The fourth-order valence-corrected chi connectivity index (χ4v) is 4.19. The number of carbonyl (C=O) groups excluding carboxylic acids is 1. The van der Waals surface area contributed by atoms with Crippen molar-refractivity contribution in [3.8, 4) is 0 Å². The van der Waals surface area contributed by atoms with Crippen molar-refractivity contribution in [3.63, 3.8) is 0 Å². The number of amides is 1. The molecule has 3 heterocycles. The molecular weight excluding hydrogens is 330 g/mol. The van der Waals surface area contributed by atoms with E-state index in [4.69, 9.17) is 5.11 Å². The Morgan fingerprint density at radius 3 is 2.88 bits per heavy atom. The number of carboxylic acid groups (broad SMARTS) is 1. The fraction of sp³-hybridized carbons (Fsp3) is 0.533. The number of hydrogen-bond donors (Lipinski definition) is 2. The number of likely N-dealkylation sites (tertiary alicyclic amines) is 1. The number of carboxylic acids is 1. The van der Waals surface area contributed by atoms with E-state index in [1.807, 2.05) is 13.8 Å². The molecule has 9 heteroatoms. The number of aryl methyl sites for hydroxylation is 2. The molecule has 1 aliphatic rings. The number of H-pyrrole nitrogens is 1. The van der Waals surface area contributed by atoms with Crippen LogP contribution in [0.4, 0.5) is 0 Å². The van der Waals surface area contributed by atoms with E-state index in [9.17, 15) is 9.59 Å². The maximum Gasteiger partial charge on any atom is 0.303 e. The number of nitrogens with one attached hydrogen (secondary N) is 1. The van der Waals surface area contributed by atoms with E-state index in [0.717, 1.165) is 10.7 Å². The SMILES string of the molecule is CCc1nc(C)sc1C(=O)N1C[C@H](CC(=O)O)[C@H](c2cn[nH]n2)C1. The Labute approximate surface area is 142 Å². The molecule has 2 atom stereocenters. The lowest BCUT2D eigenvalue weighted by Crippen LogP contribution is -2.29. The first-order chi connectivity index (χ1) is 11.5. The van der Waals surface area contributed by atoms with Gasteiger partial charge in [-0.15, -0.1) is 11.3 Å². The zero-order valence-electron chi connectivity index (χ0n) is 13.5. The van der Waals surface area contributed by atoms with Crippen molar-refractivity contribution in [2.45, 2.75) is 32.6 Å². The minimum absolute atomic E-state index is 0.00363. The van der Waals surface area contributed by atoms with E-state index >= 15 is 0 Å². The predicted molar refractivity (Wildman–Crippen MR) is 87.0 cm³/mol. The second kappa shape index (κ2) is 6.68. The summed E-state index contributed by atoms with van der Waals surface area (Å²) < 4.78 is 0. The van der Waals surface area contributed by atoms with Crippen LogP contribution < -0.4 is 0 Å². The number of aliphatic carboxylic acids is 1. The Morgan fingerprint density at radius 2 is 2.25 bits per heavy atom. The summed E-state index contributed by atoms with van der Waals surface area (Å²) in [6.07, 6.45) is 2.30. The first kappa shape index (κ1) is 16.6. The predicted octanol–water partition coefficient (Wildman–Crippen LogP) is 1.46. The van der Waals surface area contributed by atoms with Crippen LogP contribution in [-0.2, 0) is 11.2 Å². The van der Waals surface area contributed by atoms with Crippen molar-refractivity contribution in [2.24, 2.45) is 5.92 Å². The van der Waals surface area contributed by atoms with Crippen molar-refractivity contribution < 1.29 is 14.7 Å². The zero-order chi connectivity index (χ0) is 17.3. The molecule has 0 bridgehead atoms. The molecule has 1 amide bonds. The highest BCUT2D eigenvalue weighted by Gasteiger charge is 2.39. The molecule has 0 aromatic carbocycles. The van der Waals surface area contributed by atoms with Crippen LogP contribution in [0.25, 0.3) is 0 Å². The van der Waals surface area contributed by atoms with Crippen molar-refractivity contribution in [3.05, 3.63) is 27.5 Å². The van der Waals surface area contributed by atoms with Gasteiger partial charge >= 0.3 is 5.97 Å². The molecule has 0 saturated carbocycles. The normalized spacial score (nSPS) is 20.5. The third-order valence-corrected chi connectivity index (χ3v) is 5.31. The van der Waals surface area contributed by atoms with Gasteiger partial charge in [-0.3, -0.25) is 9.59 Å². The molecule has 128 valence electrons. The lowest BCUT2D eigenvalue weighted by atomic mass is 9.91. The van der Waals surface area contributed by atoms with Gasteiger partial charge in [0.1, 0.15) is 4.88 Å². The summed E-state index contributed by atoms with van der Waals surface area (Å²) in [7, 11) is 0. The standard InChI is InChI=1S/C15H19N5O3S/c1-3-11-14(24-8(2)17-11)15(23)20-6-9(4-13(21)22)10(7-20)12-5-16-19-18-12/h5,9-10H,3-4,6-7H2,1-2H3,(H,21,22)(H,16,18,19)/t9-,10+/m0/s1. The van der Waals surface area contributed by atoms with Crippen LogP contribution in [0.1, 0.15) is 45.3 Å². The Hall–Kier alpha value is -2.29. The molecule has 24 heavy (non-hydrogen) atoms. The third kappa shape index (κ3) is 3.16. The number of aromatic amines is 1. The van der Waals surface area contributed by atoms with Gasteiger partial charge in [0.2, 0.25) is 0 Å². The van der Waals surface area contributed by atoms with Crippen LogP contribution in [0.2, 0.25) is 0 Å². The molecule has 1 aliphatic heterocycles. The maximum atomic E-state index is 12.9. The number of nitrogens with zero attached hydrogens (tertiary/aromatic N) is 4. The van der Waals surface area contributed by atoms with Gasteiger partial charge in [-0.05, 0) is 19.3 Å². The largest absolute Gasteiger partial charge is 0.481 e. The van der Waals surface area contributed by atoms with Crippen LogP contribution in [0.15, 0.2) is 6.20 Å². The number of aromatic nitrogens is 4. The molecule has 0 spiro atoms. The Morgan fingerprint density at radius 1 is 1.46 bits per heavy atom. The highest BCUT2D eigenvalue weighted by atomic mass is 32.1. The van der Waals surface area contributed by atoms with Gasteiger partial charge in [-0.1, -0.05) is 6.92 Å². The molecule has 1 saturated heterocycles. The van der Waals surface area contributed by atoms with E-state index in [1.54, 1.807) is 11.1 Å². The summed E-state index contributed by atoms with van der Waals surface area (Å²) in [5, 5.41) is 20.5. The summed E-state index contributed by atoms with van der Waals surface area (Å²) in [5.41, 5.74) is 1.51. The maximum absolute atomic E-state index is 12.9. The Kier molecular flexibility index (Phi) is 4.61. The minimum Gasteiger partial charge on any atom is -0.481 e. The van der Waals surface area contributed by atoms with Crippen LogP contribution in [0.3, 0.4) is 0 Å². The average molecular weight is 349 g/mol. The highest BCUT2D eigenvalue weighted by molar-refractivity contribution is 7.13. The van der Waals surface area contributed by atoms with Crippen LogP contribution >= 0.6 is 11.3 Å². The molecule has 0 radical (unpaired) electrons. The van der Waals surface area contributed by atoms with Gasteiger partial charge in [0.05, 0.1) is 29.0 Å². The summed E-state index contributed by atoms with van der Waals surface area (Å²) in [4.78, 5) is 30.8. The van der Waals surface area contributed by atoms with Crippen molar-refractivity contribution in [2.75, 3.05) is 13.1 Å². The summed E-state index contributed by atoms with van der Waals surface area (Å²) in [6, 6.07) is 0. The van der Waals surface area contributed by atoms with Crippen molar-refractivity contribution in [1.29, 1.82) is 0 Å². The number of carbonyl (C=O) groups is 2. The second-order valence-corrected chi connectivity index (χ2v) is 7.13. The topological polar surface area (TPSA) is 112 Å². The lowest BCUT2D eigenvalue weighted by molar-refractivity contribution is -0.138. The van der Waals surface area contributed by atoms with Crippen LogP contribution in [-0.4, -0.2) is 55.4 Å². The number of hydrogen-bond acceptors (Lipinski definition) is 6. The summed E-state index contributed by atoms with van der Waals surface area (Å²) >= 11 is 1.39.